The summed E-state index contributed by atoms with van der Waals surface area (Å²) in [5.41, 5.74) is 9.17. The number of rotatable bonds is 11. The number of carbonyl (C=O) groups is 2. The fourth-order valence-electron chi connectivity index (χ4n) is 2.71. The van der Waals surface area contributed by atoms with Crippen molar-refractivity contribution in [1.82, 2.24) is 10.9 Å². The van der Waals surface area contributed by atoms with Gasteiger partial charge in [0.15, 0.2) is 0 Å². The van der Waals surface area contributed by atoms with Crippen LogP contribution >= 0.6 is 0 Å². The van der Waals surface area contributed by atoms with Crippen LogP contribution in [0.5, 0.6) is 0 Å². The van der Waals surface area contributed by atoms with Gasteiger partial charge in [-0.2, -0.15) is 10.2 Å². The molecule has 0 spiro atoms. The molecule has 0 aliphatic carbocycles. The maximum Gasteiger partial charge on any atom is 0.240 e. The fraction of sp³-hybridized carbons (Fsp3) is 0.333. The number of amides is 2. The SMILES string of the molecule is C/C(CCc1ccccc1)=N\NC(=O)CCC(=O)N/N=C(\C)CCc1ccccc1. The average molecular weight is 407 g/mol. The molecule has 30 heavy (non-hydrogen) atoms. The zero-order valence-electron chi connectivity index (χ0n) is 17.7. The van der Waals surface area contributed by atoms with E-state index >= 15 is 0 Å². The van der Waals surface area contributed by atoms with E-state index in [4.69, 9.17) is 0 Å². The number of benzene rings is 2. The van der Waals surface area contributed by atoms with Gasteiger partial charge in [-0.05, 0) is 50.7 Å². The smallest absolute Gasteiger partial charge is 0.240 e. The Kier molecular flexibility index (Phi) is 10.00. The second kappa shape index (κ2) is 13.0. The highest BCUT2D eigenvalue weighted by molar-refractivity contribution is 5.87. The molecular weight excluding hydrogens is 376 g/mol. The number of hydrogen-bond donors (Lipinski definition) is 2. The molecule has 0 heterocycles. The van der Waals surface area contributed by atoms with E-state index in [9.17, 15) is 9.59 Å². The Morgan fingerprint density at radius 1 is 0.633 bits per heavy atom. The molecule has 0 saturated heterocycles. The maximum absolute atomic E-state index is 11.9. The minimum Gasteiger partial charge on any atom is -0.273 e. The lowest BCUT2D eigenvalue weighted by Crippen LogP contribution is -2.24. The van der Waals surface area contributed by atoms with Crippen molar-refractivity contribution in [2.45, 2.75) is 52.4 Å². The second-order valence-electron chi connectivity index (χ2n) is 7.24. The highest BCUT2D eigenvalue weighted by Gasteiger charge is 2.06. The highest BCUT2D eigenvalue weighted by atomic mass is 16.2. The van der Waals surface area contributed by atoms with Gasteiger partial charge in [-0.15, -0.1) is 0 Å². The first kappa shape index (κ1) is 23.0. The van der Waals surface area contributed by atoms with Gasteiger partial charge in [0.1, 0.15) is 0 Å². The van der Waals surface area contributed by atoms with Crippen molar-refractivity contribution in [1.29, 1.82) is 0 Å². The second-order valence-corrected chi connectivity index (χ2v) is 7.24. The lowest BCUT2D eigenvalue weighted by Gasteiger charge is -2.04. The van der Waals surface area contributed by atoms with E-state index in [1.165, 1.54) is 11.1 Å². The Bertz CT molecular complexity index is 788. The third-order valence-corrected chi connectivity index (χ3v) is 4.56. The molecule has 0 atom stereocenters. The van der Waals surface area contributed by atoms with Gasteiger partial charge in [-0.3, -0.25) is 9.59 Å². The third kappa shape index (κ3) is 9.78. The monoisotopic (exact) mass is 406 g/mol. The minimum atomic E-state index is -0.283. The van der Waals surface area contributed by atoms with Gasteiger partial charge in [-0.1, -0.05) is 60.7 Å². The van der Waals surface area contributed by atoms with Crippen LogP contribution in [0.15, 0.2) is 70.9 Å². The zero-order valence-corrected chi connectivity index (χ0v) is 17.7. The van der Waals surface area contributed by atoms with Crippen LogP contribution in [0.3, 0.4) is 0 Å². The van der Waals surface area contributed by atoms with Gasteiger partial charge < -0.3 is 0 Å². The summed E-state index contributed by atoms with van der Waals surface area (Å²) in [6, 6.07) is 20.2. The first-order valence-corrected chi connectivity index (χ1v) is 10.2. The molecule has 0 bridgehead atoms. The van der Waals surface area contributed by atoms with E-state index in [-0.39, 0.29) is 24.7 Å². The molecule has 6 nitrogen and oxygen atoms in total. The molecule has 158 valence electrons. The van der Waals surface area contributed by atoms with Gasteiger partial charge in [0.05, 0.1) is 0 Å². The fourth-order valence-corrected chi connectivity index (χ4v) is 2.71. The number of nitrogens with zero attached hydrogens (tertiary/aromatic N) is 2. The molecule has 2 rings (SSSR count). The summed E-state index contributed by atoms with van der Waals surface area (Å²) < 4.78 is 0. The molecule has 0 aliphatic heterocycles. The maximum atomic E-state index is 11.9. The molecular formula is C24H30N4O2. The number of nitrogens with one attached hydrogen (secondary N) is 2. The van der Waals surface area contributed by atoms with Crippen LogP contribution < -0.4 is 10.9 Å². The highest BCUT2D eigenvalue weighted by Crippen LogP contribution is 2.04. The van der Waals surface area contributed by atoms with E-state index < -0.39 is 0 Å². The minimum absolute atomic E-state index is 0.0693. The summed E-state index contributed by atoms with van der Waals surface area (Å²) in [6.45, 7) is 3.76. The van der Waals surface area contributed by atoms with Crippen molar-refractivity contribution >= 4 is 23.2 Å². The first-order valence-electron chi connectivity index (χ1n) is 10.2. The zero-order chi connectivity index (χ0) is 21.6. The topological polar surface area (TPSA) is 82.9 Å². The van der Waals surface area contributed by atoms with E-state index in [2.05, 4.69) is 45.3 Å². The van der Waals surface area contributed by atoms with Crippen molar-refractivity contribution < 1.29 is 9.59 Å². The molecule has 0 radical (unpaired) electrons. The molecule has 2 N–H and O–H groups in total. The van der Waals surface area contributed by atoms with Crippen LogP contribution in [-0.2, 0) is 22.4 Å². The van der Waals surface area contributed by atoms with Gasteiger partial charge in [0.2, 0.25) is 11.8 Å². The molecule has 2 amide bonds. The molecule has 2 aromatic carbocycles. The summed E-state index contributed by atoms with van der Waals surface area (Å²) in [5.74, 6) is -0.567. The van der Waals surface area contributed by atoms with E-state index in [0.29, 0.717) is 0 Å². The summed E-state index contributed by atoms with van der Waals surface area (Å²) in [4.78, 5) is 23.8. The third-order valence-electron chi connectivity index (χ3n) is 4.56. The molecule has 2 aromatic rings. The Balaban J connectivity index is 1.61. The molecule has 0 fully saturated rings. The largest absolute Gasteiger partial charge is 0.273 e. The van der Waals surface area contributed by atoms with Crippen LogP contribution in [0.1, 0.15) is 50.7 Å². The number of carbonyl (C=O) groups excluding carboxylic acids is 2. The predicted octanol–water partition coefficient (Wildman–Crippen LogP) is 4.02. The van der Waals surface area contributed by atoms with E-state index in [1.54, 1.807) is 0 Å². The Labute approximate surface area is 178 Å². The number of aryl methyl sites for hydroxylation is 2. The Hall–Kier alpha value is -3.28. The van der Waals surface area contributed by atoms with Crippen molar-refractivity contribution in [2.24, 2.45) is 10.2 Å². The van der Waals surface area contributed by atoms with E-state index in [0.717, 1.165) is 37.1 Å². The quantitative estimate of drug-likeness (QED) is 0.436. The lowest BCUT2D eigenvalue weighted by atomic mass is 10.1. The van der Waals surface area contributed by atoms with E-state index in [1.807, 2.05) is 50.2 Å². The molecule has 0 aliphatic rings. The summed E-state index contributed by atoms with van der Waals surface area (Å²) >= 11 is 0. The van der Waals surface area contributed by atoms with Crippen LogP contribution in [0.2, 0.25) is 0 Å². The molecule has 0 unspecified atom stereocenters. The van der Waals surface area contributed by atoms with Crippen molar-refractivity contribution in [3.05, 3.63) is 71.8 Å². The lowest BCUT2D eigenvalue weighted by molar-refractivity contribution is -0.126. The summed E-state index contributed by atoms with van der Waals surface area (Å²) in [5, 5.41) is 8.20. The molecule has 0 aromatic heterocycles. The molecule has 6 heteroatoms. The van der Waals surface area contributed by atoms with Crippen LogP contribution in [0.25, 0.3) is 0 Å². The number of hydrogen-bond acceptors (Lipinski definition) is 4. The summed E-state index contributed by atoms with van der Waals surface area (Å²) in [7, 11) is 0. The van der Waals surface area contributed by atoms with Crippen LogP contribution in [0.4, 0.5) is 0 Å². The van der Waals surface area contributed by atoms with Crippen LogP contribution in [0, 0.1) is 0 Å². The van der Waals surface area contributed by atoms with Crippen LogP contribution in [-0.4, -0.2) is 23.2 Å². The van der Waals surface area contributed by atoms with Gasteiger partial charge in [-0.25, -0.2) is 10.9 Å². The van der Waals surface area contributed by atoms with Crippen molar-refractivity contribution in [3.8, 4) is 0 Å². The van der Waals surface area contributed by atoms with Gasteiger partial charge in [0.25, 0.3) is 0 Å². The van der Waals surface area contributed by atoms with Gasteiger partial charge >= 0.3 is 0 Å². The normalized spacial score (nSPS) is 11.8. The molecule has 0 saturated carbocycles. The average Bonchev–Trinajstić information content (AvgIpc) is 2.78. The van der Waals surface area contributed by atoms with Gasteiger partial charge in [0, 0.05) is 24.3 Å². The van der Waals surface area contributed by atoms with Crippen molar-refractivity contribution in [2.75, 3.05) is 0 Å². The number of hydrazone groups is 2. The summed E-state index contributed by atoms with van der Waals surface area (Å²) in [6.07, 6.45) is 3.41. The van der Waals surface area contributed by atoms with Crippen molar-refractivity contribution in [3.63, 3.8) is 0 Å². The first-order chi connectivity index (χ1) is 14.5. The predicted molar refractivity (Wildman–Crippen MR) is 121 cm³/mol. The standard InChI is InChI=1S/C24H30N4O2/c1-19(13-15-21-9-5-3-6-10-21)25-27-23(29)17-18-24(30)28-26-20(2)14-16-22-11-7-4-8-12-22/h3-12H,13-18H2,1-2H3,(H,27,29)(H,28,30)/b25-19+,26-20+. The Morgan fingerprint density at radius 2 is 1.00 bits per heavy atom. The Morgan fingerprint density at radius 3 is 1.37 bits per heavy atom.